The number of unbranched alkanes of at least 4 members (excludes halogenated alkanes) is 1. The first kappa shape index (κ1) is 14.9. The molecule has 3 heterocycles. The number of nitrogens with zero attached hydrogens (tertiary/aromatic N) is 1. The maximum absolute atomic E-state index is 5.73. The van der Waals surface area contributed by atoms with Crippen LogP contribution in [0.2, 0.25) is 0 Å². The molecular weight excluding hydrogens is 258 g/mol. The molecule has 2 bridgehead atoms. The maximum atomic E-state index is 5.73. The number of ether oxygens (including phenoxy) is 1. The van der Waals surface area contributed by atoms with Crippen molar-refractivity contribution in [3.8, 4) is 5.75 Å². The minimum absolute atomic E-state index is 0.843. The average Bonchev–Trinajstić information content (AvgIpc) is 2.55. The van der Waals surface area contributed by atoms with Gasteiger partial charge in [0.1, 0.15) is 5.75 Å². The predicted molar refractivity (Wildman–Crippen MR) is 87.8 cm³/mol. The smallest absolute Gasteiger partial charge is 0.119 e. The standard InChI is InChI=1S/C19H29NO/c1-2-3-14-21-19-8-5-16(6-9-19)4-7-18-15-20-12-10-17(18)11-13-20/h5-6,8-9,17-18H,2-4,7,10-15H2,1H3. The fourth-order valence-electron chi connectivity index (χ4n) is 3.85. The molecule has 2 nitrogen and oxygen atoms in total. The molecule has 116 valence electrons. The third kappa shape index (κ3) is 4.00. The van der Waals surface area contributed by atoms with Gasteiger partial charge in [-0.15, -0.1) is 0 Å². The maximum Gasteiger partial charge on any atom is 0.119 e. The van der Waals surface area contributed by atoms with Crippen molar-refractivity contribution < 1.29 is 4.74 Å². The fourth-order valence-corrected chi connectivity index (χ4v) is 3.85. The minimum atomic E-state index is 0.843. The number of hydrogen-bond acceptors (Lipinski definition) is 2. The molecule has 0 saturated carbocycles. The Bertz CT molecular complexity index is 420. The van der Waals surface area contributed by atoms with Crippen molar-refractivity contribution in [2.45, 2.75) is 45.4 Å². The molecule has 3 saturated heterocycles. The molecule has 2 heteroatoms. The third-order valence-corrected chi connectivity index (χ3v) is 5.29. The Hall–Kier alpha value is -1.02. The Morgan fingerprint density at radius 2 is 1.90 bits per heavy atom. The summed E-state index contributed by atoms with van der Waals surface area (Å²) in [6.07, 6.45) is 7.80. The van der Waals surface area contributed by atoms with Crippen LogP contribution in [0, 0.1) is 11.8 Å². The summed E-state index contributed by atoms with van der Waals surface area (Å²) in [5, 5.41) is 0. The van der Waals surface area contributed by atoms with Crippen molar-refractivity contribution in [2.75, 3.05) is 26.2 Å². The summed E-state index contributed by atoms with van der Waals surface area (Å²) in [6.45, 7) is 7.09. The second kappa shape index (κ2) is 7.31. The summed E-state index contributed by atoms with van der Waals surface area (Å²) in [6, 6.07) is 8.79. The van der Waals surface area contributed by atoms with E-state index in [4.69, 9.17) is 4.74 Å². The lowest BCUT2D eigenvalue weighted by molar-refractivity contribution is 0.0469. The molecule has 1 aromatic carbocycles. The molecule has 4 rings (SSSR count). The first-order valence-electron chi connectivity index (χ1n) is 8.79. The van der Waals surface area contributed by atoms with Crippen LogP contribution < -0.4 is 4.74 Å². The molecule has 1 aromatic rings. The molecule has 3 aliphatic heterocycles. The molecule has 3 aliphatic rings. The van der Waals surface area contributed by atoms with E-state index in [0.717, 1.165) is 30.6 Å². The Labute approximate surface area is 129 Å². The van der Waals surface area contributed by atoms with Gasteiger partial charge in [0.05, 0.1) is 6.61 Å². The van der Waals surface area contributed by atoms with Gasteiger partial charge in [-0.25, -0.2) is 0 Å². The highest BCUT2D eigenvalue weighted by molar-refractivity contribution is 5.27. The van der Waals surface area contributed by atoms with E-state index >= 15 is 0 Å². The van der Waals surface area contributed by atoms with Gasteiger partial charge in [-0.3, -0.25) is 0 Å². The highest BCUT2D eigenvalue weighted by Crippen LogP contribution is 2.34. The molecule has 1 unspecified atom stereocenters. The summed E-state index contributed by atoms with van der Waals surface area (Å²) in [7, 11) is 0. The summed E-state index contributed by atoms with van der Waals surface area (Å²) < 4.78 is 5.73. The number of hydrogen-bond donors (Lipinski definition) is 0. The first-order chi connectivity index (χ1) is 10.3. The van der Waals surface area contributed by atoms with Gasteiger partial charge in [-0.05, 0) is 74.7 Å². The van der Waals surface area contributed by atoms with Crippen LogP contribution in [0.15, 0.2) is 24.3 Å². The van der Waals surface area contributed by atoms with Crippen LogP contribution >= 0.6 is 0 Å². The molecule has 0 radical (unpaired) electrons. The van der Waals surface area contributed by atoms with Gasteiger partial charge in [-0.2, -0.15) is 0 Å². The molecule has 1 atom stereocenters. The van der Waals surface area contributed by atoms with Crippen LogP contribution in [0.1, 0.15) is 44.6 Å². The Morgan fingerprint density at radius 1 is 1.14 bits per heavy atom. The van der Waals surface area contributed by atoms with Crippen LogP contribution in [0.25, 0.3) is 0 Å². The normalized spacial score (nSPS) is 27.8. The van der Waals surface area contributed by atoms with Gasteiger partial charge in [0.15, 0.2) is 0 Å². The van der Waals surface area contributed by atoms with Crippen LogP contribution in [-0.2, 0) is 6.42 Å². The third-order valence-electron chi connectivity index (χ3n) is 5.29. The van der Waals surface area contributed by atoms with Crippen molar-refractivity contribution in [1.82, 2.24) is 4.90 Å². The second-order valence-corrected chi connectivity index (χ2v) is 6.78. The van der Waals surface area contributed by atoms with Crippen molar-refractivity contribution >= 4 is 0 Å². The van der Waals surface area contributed by atoms with Crippen LogP contribution in [-0.4, -0.2) is 31.1 Å². The van der Waals surface area contributed by atoms with E-state index < -0.39 is 0 Å². The molecule has 0 aromatic heterocycles. The van der Waals surface area contributed by atoms with Gasteiger partial charge >= 0.3 is 0 Å². The lowest BCUT2D eigenvalue weighted by atomic mass is 9.76. The second-order valence-electron chi connectivity index (χ2n) is 6.78. The lowest BCUT2D eigenvalue weighted by Gasteiger charge is -2.45. The molecule has 0 aliphatic carbocycles. The average molecular weight is 287 g/mol. The van der Waals surface area contributed by atoms with E-state index in [1.807, 2.05) is 0 Å². The van der Waals surface area contributed by atoms with Crippen LogP contribution in [0.3, 0.4) is 0 Å². The molecule has 0 N–H and O–H groups in total. The van der Waals surface area contributed by atoms with Gasteiger partial charge in [-0.1, -0.05) is 25.5 Å². The Balaban J connectivity index is 1.45. The van der Waals surface area contributed by atoms with E-state index in [0.29, 0.717) is 0 Å². The van der Waals surface area contributed by atoms with Gasteiger partial charge in [0.2, 0.25) is 0 Å². The zero-order valence-corrected chi connectivity index (χ0v) is 13.4. The zero-order valence-electron chi connectivity index (χ0n) is 13.4. The van der Waals surface area contributed by atoms with E-state index in [1.165, 1.54) is 57.3 Å². The van der Waals surface area contributed by atoms with E-state index in [-0.39, 0.29) is 0 Å². The summed E-state index contributed by atoms with van der Waals surface area (Å²) in [4.78, 5) is 2.66. The number of benzene rings is 1. The number of piperidine rings is 3. The first-order valence-corrected chi connectivity index (χ1v) is 8.79. The Kier molecular flexibility index (Phi) is 5.18. The number of fused-ring (bicyclic) bond motifs is 3. The molecule has 0 amide bonds. The summed E-state index contributed by atoms with van der Waals surface area (Å²) in [5.74, 6) is 2.97. The number of aryl methyl sites for hydroxylation is 1. The molecule has 21 heavy (non-hydrogen) atoms. The van der Waals surface area contributed by atoms with E-state index in [2.05, 4.69) is 36.1 Å². The highest BCUT2D eigenvalue weighted by atomic mass is 16.5. The Morgan fingerprint density at radius 3 is 2.52 bits per heavy atom. The zero-order chi connectivity index (χ0) is 14.5. The van der Waals surface area contributed by atoms with Crippen molar-refractivity contribution in [2.24, 2.45) is 11.8 Å². The van der Waals surface area contributed by atoms with Gasteiger partial charge in [0.25, 0.3) is 0 Å². The van der Waals surface area contributed by atoms with Crippen molar-refractivity contribution in [3.05, 3.63) is 29.8 Å². The van der Waals surface area contributed by atoms with Gasteiger partial charge in [0, 0.05) is 6.54 Å². The summed E-state index contributed by atoms with van der Waals surface area (Å²) in [5.41, 5.74) is 1.47. The van der Waals surface area contributed by atoms with Crippen LogP contribution in [0.4, 0.5) is 0 Å². The fraction of sp³-hybridized carbons (Fsp3) is 0.684. The highest BCUT2D eigenvalue weighted by Gasteiger charge is 2.33. The molecule has 0 spiro atoms. The van der Waals surface area contributed by atoms with E-state index in [9.17, 15) is 0 Å². The predicted octanol–water partition coefficient (Wildman–Crippen LogP) is 4.14. The lowest BCUT2D eigenvalue weighted by Crippen LogP contribution is -2.47. The van der Waals surface area contributed by atoms with Gasteiger partial charge < -0.3 is 9.64 Å². The SMILES string of the molecule is CCCCOc1ccc(CCC2CN3CCC2CC3)cc1. The topological polar surface area (TPSA) is 12.5 Å². The molecule has 3 fully saturated rings. The number of rotatable bonds is 7. The largest absolute Gasteiger partial charge is 0.494 e. The van der Waals surface area contributed by atoms with E-state index in [1.54, 1.807) is 0 Å². The summed E-state index contributed by atoms with van der Waals surface area (Å²) >= 11 is 0. The van der Waals surface area contributed by atoms with Crippen molar-refractivity contribution in [1.29, 1.82) is 0 Å². The molecular formula is C19H29NO. The minimum Gasteiger partial charge on any atom is -0.494 e. The van der Waals surface area contributed by atoms with Crippen LogP contribution in [0.5, 0.6) is 5.75 Å². The van der Waals surface area contributed by atoms with Crippen molar-refractivity contribution in [3.63, 3.8) is 0 Å². The monoisotopic (exact) mass is 287 g/mol. The quantitative estimate of drug-likeness (QED) is 0.699.